The normalized spacial score (nSPS) is 11.8. The summed E-state index contributed by atoms with van der Waals surface area (Å²) in [7, 11) is 0. The highest BCUT2D eigenvalue weighted by molar-refractivity contribution is 7.15. The lowest BCUT2D eigenvalue weighted by Crippen LogP contribution is -2.29. The molecule has 0 spiro atoms. The molecule has 1 N–H and O–H groups in total. The molecule has 8 heteroatoms. The first-order valence-electron chi connectivity index (χ1n) is 5.84. The number of hydrogen-bond acceptors (Lipinski definition) is 3. The second-order valence-electron chi connectivity index (χ2n) is 4.25. The van der Waals surface area contributed by atoms with Crippen LogP contribution in [0.1, 0.15) is 0 Å². The van der Waals surface area contributed by atoms with Crippen LogP contribution in [0.5, 0.6) is 0 Å². The smallest absolute Gasteiger partial charge is 0.318 e. The van der Waals surface area contributed by atoms with E-state index in [0.29, 0.717) is 11.3 Å². The highest BCUT2D eigenvalue weighted by atomic mass is 32.1. The predicted molar refractivity (Wildman–Crippen MR) is 73.2 cm³/mol. The molecule has 0 saturated heterocycles. The first kappa shape index (κ1) is 13.6. The summed E-state index contributed by atoms with van der Waals surface area (Å²) in [5.74, 6) is -1.99. The third-order valence-electron chi connectivity index (χ3n) is 2.77. The molecule has 3 rings (SSSR count). The lowest BCUT2D eigenvalue weighted by Gasteiger charge is -2.08. The summed E-state index contributed by atoms with van der Waals surface area (Å²) in [4.78, 5) is 16.1. The third kappa shape index (κ3) is 2.75. The van der Waals surface area contributed by atoms with Crippen LogP contribution in [0.15, 0.2) is 42.0 Å². The Kier molecular flexibility index (Phi) is 3.17. The van der Waals surface area contributed by atoms with Gasteiger partial charge in [0, 0.05) is 29.0 Å². The molecule has 0 fully saturated rings. The summed E-state index contributed by atoms with van der Waals surface area (Å²) < 4.78 is 38.5. The maximum atomic E-state index is 12.2. The summed E-state index contributed by atoms with van der Waals surface area (Å²) >= 11 is 1.45. The van der Waals surface area contributed by atoms with Crippen molar-refractivity contribution in [1.29, 1.82) is 0 Å². The molecule has 4 nitrogen and oxygen atoms in total. The van der Waals surface area contributed by atoms with Crippen LogP contribution in [0.25, 0.3) is 16.2 Å². The molecule has 3 aromatic rings. The fourth-order valence-corrected chi connectivity index (χ4v) is 2.52. The summed E-state index contributed by atoms with van der Waals surface area (Å²) in [5.41, 5.74) is 1.34. The van der Waals surface area contributed by atoms with Crippen molar-refractivity contribution in [3.05, 3.63) is 42.0 Å². The van der Waals surface area contributed by atoms with Gasteiger partial charge in [-0.05, 0) is 12.1 Å². The zero-order valence-corrected chi connectivity index (χ0v) is 11.2. The number of fused-ring (bicyclic) bond motifs is 1. The lowest BCUT2D eigenvalue weighted by molar-refractivity contribution is -0.167. The van der Waals surface area contributed by atoms with E-state index in [1.165, 1.54) is 23.5 Å². The number of rotatable bonds is 2. The highest BCUT2D eigenvalue weighted by Gasteiger charge is 2.38. The van der Waals surface area contributed by atoms with E-state index in [1.807, 2.05) is 21.3 Å². The largest absolute Gasteiger partial charge is 0.471 e. The fourth-order valence-electron chi connectivity index (χ4n) is 1.82. The van der Waals surface area contributed by atoms with Crippen LogP contribution in [0.3, 0.4) is 0 Å². The van der Waals surface area contributed by atoms with E-state index in [0.717, 1.165) is 4.96 Å². The van der Waals surface area contributed by atoms with Gasteiger partial charge in [-0.3, -0.25) is 9.20 Å². The number of halogens is 3. The maximum absolute atomic E-state index is 12.2. The van der Waals surface area contributed by atoms with Gasteiger partial charge in [0.25, 0.3) is 0 Å². The van der Waals surface area contributed by atoms with Crippen molar-refractivity contribution in [3.63, 3.8) is 0 Å². The molecular weight excluding hydrogens is 303 g/mol. The van der Waals surface area contributed by atoms with Gasteiger partial charge >= 0.3 is 12.1 Å². The van der Waals surface area contributed by atoms with E-state index >= 15 is 0 Å². The first-order valence-corrected chi connectivity index (χ1v) is 6.72. The van der Waals surface area contributed by atoms with E-state index in [-0.39, 0.29) is 5.69 Å². The molecule has 0 unspecified atom stereocenters. The van der Waals surface area contributed by atoms with Gasteiger partial charge in [-0.1, -0.05) is 12.1 Å². The number of amides is 1. The molecule has 2 heterocycles. The number of benzene rings is 1. The van der Waals surface area contributed by atoms with E-state index in [1.54, 1.807) is 18.3 Å². The highest BCUT2D eigenvalue weighted by Crippen LogP contribution is 2.25. The number of imidazole rings is 1. The van der Waals surface area contributed by atoms with Crippen molar-refractivity contribution in [1.82, 2.24) is 9.38 Å². The van der Waals surface area contributed by atoms with Gasteiger partial charge in [0.2, 0.25) is 0 Å². The zero-order valence-electron chi connectivity index (χ0n) is 10.4. The fraction of sp³-hybridized carbons (Fsp3) is 0.0769. The number of hydrogen-bond donors (Lipinski definition) is 1. The molecule has 0 aliphatic rings. The standard InChI is InChI=1S/C13H8F3N3OS/c14-13(15,16)11(20)17-9-3-1-2-8(6-9)10-7-19-4-5-21-12(19)18-10/h1-7H,(H,17,20). The van der Waals surface area contributed by atoms with E-state index in [9.17, 15) is 18.0 Å². The minimum atomic E-state index is -4.91. The van der Waals surface area contributed by atoms with Gasteiger partial charge in [-0.15, -0.1) is 11.3 Å². The number of nitrogens with one attached hydrogen (secondary N) is 1. The molecule has 1 amide bonds. The number of thiazole rings is 1. The van der Waals surface area contributed by atoms with Crippen LogP contribution in [0.2, 0.25) is 0 Å². The van der Waals surface area contributed by atoms with Crippen molar-refractivity contribution in [2.45, 2.75) is 6.18 Å². The summed E-state index contributed by atoms with van der Waals surface area (Å²) in [6.07, 6.45) is -1.30. The second kappa shape index (κ2) is 4.88. The summed E-state index contributed by atoms with van der Waals surface area (Å²) in [6.45, 7) is 0. The van der Waals surface area contributed by atoms with E-state index < -0.39 is 12.1 Å². The summed E-state index contributed by atoms with van der Waals surface area (Å²) in [6, 6.07) is 6.13. The number of carbonyl (C=O) groups excluding carboxylic acids is 1. The van der Waals surface area contributed by atoms with Crippen LogP contribution < -0.4 is 5.32 Å². The van der Waals surface area contributed by atoms with E-state index in [2.05, 4.69) is 4.98 Å². The van der Waals surface area contributed by atoms with Crippen molar-refractivity contribution in [2.24, 2.45) is 0 Å². The van der Waals surface area contributed by atoms with Gasteiger partial charge < -0.3 is 5.32 Å². The van der Waals surface area contributed by atoms with Crippen LogP contribution in [0.4, 0.5) is 18.9 Å². The van der Waals surface area contributed by atoms with Crippen LogP contribution in [-0.2, 0) is 4.79 Å². The van der Waals surface area contributed by atoms with Crippen molar-refractivity contribution in [2.75, 3.05) is 5.32 Å². The van der Waals surface area contributed by atoms with Crippen LogP contribution in [0, 0.1) is 0 Å². The number of aromatic nitrogens is 2. The molecule has 0 aliphatic heterocycles. The van der Waals surface area contributed by atoms with Gasteiger partial charge in [-0.2, -0.15) is 13.2 Å². The molecular formula is C13H8F3N3OS. The Bertz CT molecular complexity index is 778. The SMILES string of the molecule is O=C(Nc1cccc(-c2cn3ccsc3n2)c1)C(F)(F)F. The number of carbonyl (C=O) groups is 1. The monoisotopic (exact) mass is 311 g/mol. The Morgan fingerprint density at radius 1 is 1.33 bits per heavy atom. The molecule has 2 aromatic heterocycles. The molecule has 0 bridgehead atoms. The first-order chi connectivity index (χ1) is 9.93. The number of anilines is 1. The Balaban J connectivity index is 1.89. The number of nitrogens with zero attached hydrogens (tertiary/aromatic N) is 2. The zero-order chi connectivity index (χ0) is 15.0. The lowest BCUT2D eigenvalue weighted by atomic mass is 10.1. The van der Waals surface area contributed by atoms with Crippen LogP contribution >= 0.6 is 11.3 Å². The minimum Gasteiger partial charge on any atom is -0.318 e. The Morgan fingerprint density at radius 2 is 2.14 bits per heavy atom. The molecule has 21 heavy (non-hydrogen) atoms. The van der Waals surface area contributed by atoms with Gasteiger partial charge in [0.05, 0.1) is 5.69 Å². The number of alkyl halides is 3. The molecule has 1 aromatic carbocycles. The van der Waals surface area contributed by atoms with E-state index in [4.69, 9.17) is 0 Å². The molecule has 108 valence electrons. The molecule has 0 atom stereocenters. The molecule has 0 saturated carbocycles. The topological polar surface area (TPSA) is 46.4 Å². The Hall–Kier alpha value is -2.35. The van der Waals surface area contributed by atoms with Gasteiger partial charge in [0.1, 0.15) is 0 Å². The Labute approximate surface area is 120 Å². The average molecular weight is 311 g/mol. The third-order valence-corrected chi connectivity index (χ3v) is 3.54. The maximum Gasteiger partial charge on any atom is 0.471 e. The average Bonchev–Trinajstić information content (AvgIpc) is 2.98. The summed E-state index contributed by atoms with van der Waals surface area (Å²) in [5, 5.41) is 3.70. The molecule has 0 aliphatic carbocycles. The Morgan fingerprint density at radius 3 is 2.86 bits per heavy atom. The minimum absolute atomic E-state index is 0.0752. The van der Waals surface area contributed by atoms with Crippen molar-refractivity contribution >= 4 is 27.9 Å². The molecule has 0 radical (unpaired) electrons. The second-order valence-corrected chi connectivity index (χ2v) is 5.12. The predicted octanol–water partition coefficient (Wildman–Crippen LogP) is 3.56. The quantitative estimate of drug-likeness (QED) is 0.786. The van der Waals surface area contributed by atoms with Gasteiger partial charge in [0.15, 0.2) is 4.96 Å². The van der Waals surface area contributed by atoms with Crippen molar-refractivity contribution in [3.8, 4) is 11.3 Å². The van der Waals surface area contributed by atoms with Gasteiger partial charge in [-0.25, -0.2) is 4.98 Å². The van der Waals surface area contributed by atoms with Crippen molar-refractivity contribution < 1.29 is 18.0 Å². The van der Waals surface area contributed by atoms with Crippen LogP contribution in [-0.4, -0.2) is 21.5 Å².